The van der Waals surface area contributed by atoms with E-state index < -0.39 is 23.8 Å². The van der Waals surface area contributed by atoms with Crippen molar-refractivity contribution in [1.82, 2.24) is 15.5 Å². The third-order valence-electron chi connectivity index (χ3n) is 7.53. The van der Waals surface area contributed by atoms with Crippen molar-refractivity contribution in [3.8, 4) is 5.75 Å². The minimum Gasteiger partial charge on any atom is -0.507 e. The van der Waals surface area contributed by atoms with Gasteiger partial charge in [-0.05, 0) is 90.2 Å². The van der Waals surface area contributed by atoms with Gasteiger partial charge in [0.15, 0.2) is 0 Å². The summed E-state index contributed by atoms with van der Waals surface area (Å²) in [5.74, 6) is 0.387. The van der Waals surface area contributed by atoms with Gasteiger partial charge in [0.05, 0.1) is 0 Å². The highest BCUT2D eigenvalue weighted by Crippen LogP contribution is 2.35. The molecule has 3 amide bonds. The van der Waals surface area contributed by atoms with E-state index in [4.69, 9.17) is 4.74 Å². The molecule has 0 saturated heterocycles. The molecule has 1 fully saturated rings. The molecule has 3 N–H and O–H groups in total. The van der Waals surface area contributed by atoms with Crippen molar-refractivity contribution in [2.45, 2.75) is 130 Å². The van der Waals surface area contributed by atoms with Crippen molar-refractivity contribution < 1.29 is 24.2 Å². The minimum atomic E-state index is -1.05. The molecule has 0 heterocycles. The zero-order chi connectivity index (χ0) is 30.7. The summed E-state index contributed by atoms with van der Waals surface area (Å²) in [7, 11) is 0. The van der Waals surface area contributed by atoms with E-state index in [-0.39, 0.29) is 29.6 Å². The summed E-state index contributed by atoms with van der Waals surface area (Å²) in [4.78, 5) is 43.2. The number of ether oxygens (including phenoxy) is 1. The van der Waals surface area contributed by atoms with Crippen LogP contribution in [0.5, 0.6) is 5.75 Å². The number of para-hydroxylation sites is 1. The smallest absolute Gasteiger partial charge is 0.408 e. The third-order valence-corrected chi connectivity index (χ3v) is 8.18. The van der Waals surface area contributed by atoms with Crippen LogP contribution in [0.4, 0.5) is 4.79 Å². The lowest BCUT2D eigenvalue weighted by Crippen LogP contribution is -2.56. The molecule has 9 heteroatoms. The van der Waals surface area contributed by atoms with Crippen LogP contribution in [0, 0.1) is 12.8 Å². The molecule has 1 aliphatic rings. The van der Waals surface area contributed by atoms with Gasteiger partial charge < -0.3 is 25.4 Å². The third kappa shape index (κ3) is 11.1. The first-order valence-corrected chi connectivity index (χ1v) is 16.5. The van der Waals surface area contributed by atoms with Crippen LogP contribution in [0.25, 0.3) is 0 Å². The summed E-state index contributed by atoms with van der Waals surface area (Å²) < 4.78 is 5.50. The number of aryl methyl sites for hydroxylation is 1. The molecule has 0 radical (unpaired) electrons. The Labute approximate surface area is 251 Å². The highest BCUT2D eigenvalue weighted by molar-refractivity contribution is 7.98. The average molecular weight is 592 g/mol. The molecule has 1 aromatic rings. The number of amides is 3. The number of carbonyl (C=O) groups is 3. The predicted molar refractivity (Wildman–Crippen MR) is 167 cm³/mol. The number of hydrogen-bond donors (Lipinski definition) is 3. The van der Waals surface area contributed by atoms with Crippen LogP contribution >= 0.6 is 11.8 Å². The van der Waals surface area contributed by atoms with Crippen molar-refractivity contribution in [2.24, 2.45) is 5.92 Å². The predicted octanol–water partition coefficient (Wildman–Crippen LogP) is 6.49. The van der Waals surface area contributed by atoms with E-state index in [2.05, 4.69) is 24.5 Å². The van der Waals surface area contributed by atoms with Crippen LogP contribution < -0.4 is 10.6 Å². The van der Waals surface area contributed by atoms with Gasteiger partial charge in [0.1, 0.15) is 23.4 Å². The first-order chi connectivity index (χ1) is 19.2. The molecule has 0 bridgehead atoms. The molecule has 232 valence electrons. The second kappa shape index (κ2) is 16.3. The first kappa shape index (κ1) is 34.8. The van der Waals surface area contributed by atoms with Gasteiger partial charge in [0, 0.05) is 17.6 Å². The normalized spacial score (nSPS) is 16.5. The number of phenols is 1. The Balaban J connectivity index is 2.60. The molecule has 1 aromatic carbocycles. The van der Waals surface area contributed by atoms with Crippen LogP contribution in [0.1, 0.15) is 110 Å². The van der Waals surface area contributed by atoms with E-state index in [1.54, 1.807) is 62.6 Å². The molecule has 3 unspecified atom stereocenters. The van der Waals surface area contributed by atoms with Crippen LogP contribution in [-0.2, 0) is 14.3 Å². The zero-order valence-corrected chi connectivity index (χ0v) is 27.2. The lowest BCUT2D eigenvalue weighted by Gasteiger charge is -2.39. The lowest BCUT2D eigenvalue weighted by molar-refractivity contribution is -0.145. The van der Waals surface area contributed by atoms with Crippen molar-refractivity contribution in [3.05, 3.63) is 29.3 Å². The van der Waals surface area contributed by atoms with Gasteiger partial charge in [-0.3, -0.25) is 9.59 Å². The molecule has 1 saturated carbocycles. The van der Waals surface area contributed by atoms with Gasteiger partial charge in [0.2, 0.25) is 11.8 Å². The maximum absolute atomic E-state index is 14.5. The molecule has 0 spiro atoms. The summed E-state index contributed by atoms with van der Waals surface area (Å²) in [6.07, 6.45) is 8.22. The molecule has 1 aliphatic carbocycles. The van der Waals surface area contributed by atoms with Gasteiger partial charge in [-0.1, -0.05) is 51.3 Å². The largest absolute Gasteiger partial charge is 0.507 e. The van der Waals surface area contributed by atoms with Gasteiger partial charge in [-0.2, -0.15) is 11.8 Å². The Hall–Kier alpha value is -2.42. The van der Waals surface area contributed by atoms with Crippen LogP contribution in [-0.4, -0.2) is 63.6 Å². The Morgan fingerprint density at radius 2 is 1.73 bits per heavy atom. The fraction of sp³-hybridized carbons (Fsp3) is 0.719. The van der Waals surface area contributed by atoms with Crippen LogP contribution in [0.3, 0.4) is 0 Å². The van der Waals surface area contributed by atoms with Crippen molar-refractivity contribution >= 4 is 29.7 Å². The van der Waals surface area contributed by atoms with Crippen molar-refractivity contribution in [3.63, 3.8) is 0 Å². The van der Waals surface area contributed by atoms with E-state index in [0.717, 1.165) is 38.5 Å². The molecule has 0 aromatic heterocycles. The second-order valence-electron chi connectivity index (χ2n) is 12.8. The Morgan fingerprint density at radius 3 is 2.32 bits per heavy atom. The monoisotopic (exact) mass is 591 g/mol. The Morgan fingerprint density at radius 1 is 1.07 bits per heavy atom. The number of carbonyl (C=O) groups excluding carboxylic acids is 3. The van der Waals surface area contributed by atoms with E-state index in [0.29, 0.717) is 35.6 Å². The molecular weight excluding hydrogens is 538 g/mol. The number of nitrogens with zero attached hydrogens (tertiary/aromatic N) is 1. The molecule has 3 atom stereocenters. The maximum Gasteiger partial charge on any atom is 0.408 e. The van der Waals surface area contributed by atoms with Gasteiger partial charge in [-0.15, -0.1) is 0 Å². The number of hydrogen-bond acceptors (Lipinski definition) is 6. The average Bonchev–Trinajstić information content (AvgIpc) is 2.89. The van der Waals surface area contributed by atoms with E-state index >= 15 is 0 Å². The number of thioether (sulfide) groups is 1. The number of nitrogens with one attached hydrogen (secondary N) is 2. The standard InChI is InChI=1S/C32H53N3O5S/c1-21(2)17-18-23(4)35(30(38)26(19-20-41-8)34-31(39)40-32(5,6)7)27(25-16-12-13-22(3)28(25)36)29(37)33-24-14-10-9-11-15-24/h12-13,16,21,23-24,26-27,36H,9-11,14-15,17-20H2,1-8H3,(H,33,37)(H,34,39). The maximum atomic E-state index is 14.5. The van der Waals surface area contributed by atoms with E-state index in [1.807, 2.05) is 13.2 Å². The van der Waals surface area contributed by atoms with Crippen molar-refractivity contribution in [2.75, 3.05) is 12.0 Å². The topological polar surface area (TPSA) is 108 Å². The quantitative estimate of drug-likeness (QED) is 0.242. The molecule has 0 aliphatic heterocycles. The van der Waals surface area contributed by atoms with Gasteiger partial charge in [0.25, 0.3) is 0 Å². The van der Waals surface area contributed by atoms with Gasteiger partial charge >= 0.3 is 6.09 Å². The number of rotatable bonds is 13. The first-order valence-electron chi connectivity index (χ1n) is 15.1. The Kier molecular flexibility index (Phi) is 13.8. The SMILES string of the molecule is CSCCC(NC(=O)OC(C)(C)C)C(=O)N(C(C)CCC(C)C)C(C(=O)NC1CCCCC1)c1cccc(C)c1O. The van der Waals surface area contributed by atoms with E-state index in [9.17, 15) is 19.5 Å². The second-order valence-corrected chi connectivity index (χ2v) is 13.8. The summed E-state index contributed by atoms with van der Waals surface area (Å²) in [5.41, 5.74) is 0.298. The van der Waals surface area contributed by atoms with Gasteiger partial charge in [-0.25, -0.2) is 4.79 Å². The highest BCUT2D eigenvalue weighted by Gasteiger charge is 2.40. The zero-order valence-electron chi connectivity index (χ0n) is 26.4. The number of alkyl carbamates (subject to hydrolysis) is 1. The summed E-state index contributed by atoms with van der Waals surface area (Å²) in [6, 6.07) is 3.07. The molecular formula is C32H53N3O5S. The van der Waals surface area contributed by atoms with Crippen LogP contribution in [0.15, 0.2) is 18.2 Å². The molecule has 41 heavy (non-hydrogen) atoms. The fourth-order valence-electron chi connectivity index (χ4n) is 5.28. The number of benzene rings is 1. The number of aromatic hydroxyl groups is 1. The number of phenolic OH excluding ortho intramolecular Hbond substituents is 1. The lowest BCUT2D eigenvalue weighted by atomic mass is 9.93. The summed E-state index contributed by atoms with van der Waals surface area (Å²) in [6.45, 7) is 13.3. The summed E-state index contributed by atoms with van der Waals surface area (Å²) in [5, 5.41) is 17.2. The highest BCUT2D eigenvalue weighted by atomic mass is 32.2. The fourth-order valence-corrected chi connectivity index (χ4v) is 5.75. The molecule has 8 nitrogen and oxygen atoms in total. The van der Waals surface area contributed by atoms with E-state index in [1.165, 1.54) is 0 Å². The van der Waals surface area contributed by atoms with Crippen LogP contribution in [0.2, 0.25) is 0 Å². The van der Waals surface area contributed by atoms with Crippen molar-refractivity contribution in [1.29, 1.82) is 0 Å². The summed E-state index contributed by atoms with van der Waals surface area (Å²) >= 11 is 1.58. The molecule has 2 rings (SSSR count). The Bertz CT molecular complexity index is 1000. The minimum absolute atomic E-state index is 0.00548.